The summed E-state index contributed by atoms with van der Waals surface area (Å²) in [6, 6.07) is 0. The zero-order valence-electron chi connectivity index (χ0n) is 10.6. The van der Waals surface area contributed by atoms with Crippen LogP contribution in [-0.4, -0.2) is 45.9 Å². The van der Waals surface area contributed by atoms with Crippen LogP contribution in [-0.2, 0) is 10.2 Å². The minimum absolute atomic E-state index is 0. The van der Waals surface area contributed by atoms with E-state index in [1.807, 2.05) is 14.0 Å². The highest BCUT2D eigenvalue weighted by molar-refractivity contribution is 7.87. The Hall–Kier alpha value is 0.120. The molecule has 5 nitrogen and oxygen atoms in total. The minimum atomic E-state index is -3.22. The van der Waals surface area contributed by atoms with Crippen LogP contribution in [0.2, 0.25) is 0 Å². The predicted octanol–water partition coefficient (Wildman–Crippen LogP) is 0.584. The summed E-state index contributed by atoms with van der Waals surface area (Å²) in [7, 11) is -1.28. The third-order valence-electron chi connectivity index (χ3n) is 2.94. The van der Waals surface area contributed by atoms with Gasteiger partial charge < -0.3 is 5.32 Å². The second kappa shape index (κ2) is 8.26. The van der Waals surface area contributed by atoms with Gasteiger partial charge in [-0.25, -0.2) is 4.72 Å². The molecule has 0 aliphatic carbocycles. The molecular formula is C10H24ClN3O2S. The van der Waals surface area contributed by atoms with Gasteiger partial charge in [0.15, 0.2) is 0 Å². The highest BCUT2D eigenvalue weighted by Crippen LogP contribution is 2.18. The standard InChI is InChI=1S/C10H23N3O2S.ClH/c1-3-6-12-16(14,15)13-7-4-10(5-8-13)9-11-2;/h10-12H,3-9H2,1-2H3;1H. The molecule has 17 heavy (non-hydrogen) atoms. The SMILES string of the molecule is CCCNS(=O)(=O)N1CCC(CNC)CC1.Cl. The molecule has 1 aliphatic heterocycles. The second-order valence-corrected chi connectivity index (χ2v) is 6.05. The molecule has 104 valence electrons. The third-order valence-corrected chi connectivity index (χ3v) is 4.55. The molecule has 1 fully saturated rings. The first-order valence-electron chi connectivity index (χ1n) is 5.99. The lowest BCUT2D eigenvalue weighted by atomic mass is 9.98. The van der Waals surface area contributed by atoms with E-state index in [0.29, 0.717) is 25.6 Å². The van der Waals surface area contributed by atoms with Crippen LogP contribution in [0.25, 0.3) is 0 Å². The molecule has 0 unspecified atom stereocenters. The Morgan fingerprint density at radius 1 is 1.29 bits per heavy atom. The smallest absolute Gasteiger partial charge is 0.279 e. The van der Waals surface area contributed by atoms with E-state index in [1.165, 1.54) is 0 Å². The first kappa shape index (κ1) is 17.1. The number of piperidine rings is 1. The molecule has 0 aromatic heterocycles. The minimum Gasteiger partial charge on any atom is -0.319 e. The Bertz CT molecular complexity index is 290. The fourth-order valence-electron chi connectivity index (χ4n) is 1.96. The molecule has 0 aromatic rings. The van der Waals surface area contributed by atoms with E-state index < -0.39 is 10.2 Å². The molecule has 0 radical (unpaired) electrons. The van der Waals surface area contributed by atoms with Gasteiger partial charge in [-0.3, -0.25) is 0 Å². The van der Waals surface area contributed by atoms with E-state index in [1.54, 1.807) is 4.31 Å². The number of nitrogens with zero attached hydrogens (tertiary/aromatic N) is 1. The molecule has 0 saturated carbocycles. The largest absolute Gasteiger partial charge is 0.319 e. The molecule has 0 amide bonds. The molecule has 1 aliphatic rings. The van der Waals surface area contributed by atoms with Crippen molar-refractivity contribution in [2.45, 2.75) is 26.2 Å². The summed E-state index contributed by atoms with van der Waals surface area (Å²) in [5.74, 6) is 0.614. The summed E-state index contributed by atoms with van der Waals surface area (Å²) < 4.78 is 27.8. The van der Waals surface area contributed by atoms with Crippen molar-refractivity contribution in [3.05, 3.63) is 0 Å². The topological polar surface area (TPSA) is 61.4 Å². The number of halogens is 1. The Kier molecular flexibility index (Phi) is 8.32. The lowest BCUT2D eigenvalue weighted by Gasteiger charge is -2.31. The molecule has 7 heteroatoms. The van der Waals surface area contributed by atoms with Crippen molar-refractivity contribution in [3.8, 4) is 0 Å². The van der Waals surface area contributed by atoms with Gasteiger partial charge in [0.05, 0.1) is 0 Å². The van der Waals surface area contributed by atoms with Gasteiger partial charge in [-0.1, -0.05) is 6.92 Å². The summed E-state index contributed by atoms with van der Waals surface area (Å²) in [5, 5.41) is 3.14. The number of rotatable bonds is 6. The Morgan fingerprint density at radius 3 is 2.35 bits per heavy atom. The van der Waals surface area contributed by atoms with Gasteiger partial charge in [0.1, 0.15) is 0 Å². The van der Waals surface area contributed by atoms with Crippen LogP contribution in [0.5, 0.6) is 0 Å². The zero-order valence-corrected chi connectivity index (χ0v) is 12.2. The van der Waals surface area contributed by atoms with Gasteiger partial charge in [-0.05, 0) is 38.8 Å². The van der Waals surface area contributed by atoms with E-state index in [4.69, 9.17) is 0 Å². The summed E-state index contributed by atoms with van der Waals surface area (Å²) in [5.41, 5.74) is 0. The Balaban J connectivity index is 0.00000256. The van der Waals surface area contributed by atoms with E-state index in [9.17, 15) is 8.42 Å². The first-order chi connectivity index (χ1) is 7.60. The summed E-state index contributed by atoms with van der Waals surface area (Å²) in [6.45, 7) is 4.76. The number of nitrogens with one attached hydrogen (secondary N) is 2. The van der Waals surface area contributed by atoms with Crippen LogP contribution in [0.4, 0.5) is 0 Å². The number of hydrogen-bond donors (Lipinski definition) is 2. The Labute approximate surface area is 111 Å². The van der Waals surface area contributed by atoms with Gasteiger partial charge in [-0.15, -0.1) is 12.4 Å². The predicted molar refractivity (Wildman–Crippen MR) is 72.7 cm³/mol. The summed E-state index contributed by atoms with van der Waals surface area (Å²) in [6.07, 6.45) is 2.73. The van der Waals surface area contributed by atoms with Crippen LogP contribution in [0.3, 0.4) is 0 Å². The van der Waals surface area contributed by atoms with Crippen LogP contribution in [0, 0.1) is 5.92 Å². The molecule has 0 atom stereocenters. The van der Waals surface area contributed by atoms with Crippen LogP contribution in [0.1, 0.15) is 26.2 Å². The Morgan fingerprint density at radius 2 is 1.88 bits per heavy atom. The molecule has 1 heterocycles. The van der Waals surface area contributed by atoms with Crippen molar-refractivity contribution < 1.29 is 8.42 Å². The molecular weight excluding hydrogens is 262 g/mol. The maximum Gasteiger partial charge on any atom is 0.279 e. The second-order valence-electron chi connectivity index (χ2n) is 4.30. The van der Waals surface area contributed by atoms with Crippen molar-refractivity contribution in [2.24, 2.45) is 5.92 Å². The maximum absolute atomic E-state index is 11.8. The zero-order chi connectivity index (χ0) is 12.0. The van der Waals surface area contributed by atoms with Crippen LogP contribution in [0.15, 0.2) is 0 Å². The molecule has 2 N–H and O–H groups in total. The summed E-state index contributed by atoms with van der Waals surface area (Å²) in [4.78, 5) is 0. The van der Waals surface area contributed by atoms with Gasteiger partial charge >= 0.3 is 0 Å². The van der Waals surface area contributed by atoms with E-state index >= 15 is 0 Å². The van der Waals surface area contributed by atoms with E-state index in [2.05, 4.69) is 10.0 Å². The molecule has 0 spiro atoms. The van der Waals surface area contributed by atoms with E-state index in [-0.39, 0.29) is 12.4 Å². The normalized spacial score (nSPS) is 18.9. The summed E-state index contributed by atoms with van der Waals surface area (Å²) >= 11 is 0. The van der Waals surface area contributed by atoms with Crippen molar-refractivity contribution in [3.63, 3.8) is 0 Å². The molecule has 0 aromatic carbocycles. The first-order valence-corrected chi connectivity index (χ1v) is 7.43. The third kappa shape index (κ3) is 5.52. The lowest BCUT2D eigenvalue weighted by Crippen LogP contribution is -2.46. The monoisotopic (exact) mass is 285 g/mol. The highest BCUT2D eigenvalue weighted by Gasteiger charge is 2.26. The van der Waals surface area contributed by atoms with Gasteiger partial charge in [0, 0.05) is 19.6 Å². The van der Waals surface area contributed by atoms with Gasteiger partial charge in [-0.2, -0.15) is 12.7 Å². The quantitative estimate of drug-likeness (QED) is 0.751. The number of hydrogen-bond acceptors (Lipinski definition) is 3. The molecule has 0 bridgehead atoms. The van der Waals surface area contributed by atoms with Crippen LogP contribution >= 0.6 is 12.4 Å². The van der Waals surface area contributed by atoms with Crippen molar-refractivity contribution in [2.75, 3.05) is 33.2 Å². The van der Waals surface area contributed by atoms with E-state index in [0.717, 1.165) is 25.8 Å². The fourth-order valence-corrected chi connectivity index (χ4v) is 3.30. The van der Waals surface area contributed by atoms with Crippen molar-refractivity contribution in [1.29, 1.82) is 0 Å². The fraction of sp³-hybridized carbons (Fsp3) is 1.00. The van der Waals surface area contributed by atoms with Crippen LogP contribution < -0.4 is 10.0 Å². The molecule has 1 saturated heterocycles. The highest BCUT2D eigenvalue weighted by atomic mass is 35.5. The lowest BCUT2D eigenvalue weighted by molar-refractivity contribution is 0.268. The van der Waals surface area contributed by atoms with Crippen molar-refractivity contribution in [1.82, 2.24) is 14.3 Å². The average molecular weight is 286 g/mol. The van der Waals surface area contributed by atoms with Crippen molar-refractivity contribution >= 4 is 22.6 Å². The van der Waals surface area contributed by atoms with Gasteiger partial charge in [0.25, 0.3) is 10.2 Å². The molecule has 1 rings (SSSR count). The van der Waals surface area contributed by atoms with Gasteiger partial charge in [0.2, 0.25) is 0 Å². The average Bonchev–Trinajstić information content (AvgIpc) is 2.28. The maximum atomic E-state index is 11.8.